The maximum absolute atomic E-state index is 5.76. The van der Waals surface area contributed by atoms with E-state index in [1.165, 1.54) is 0 Å². The highest BCUT2D eigenvalue weighted by Crippen LogP contribution is 2.01. The summed E-state index contributed by atoms with van der Waals surface area (Å²) in [7, 11) is 0. The van der Waals surface area contributed by atoms with Gasteiger partial charge in [0.2, 0.25) is 0 Å². The molecule has 20 heavy (non-hydrogen) atoms. The van der Waals surface area contributed by atoms with E-state index in [0.29, 0.717) is 38.9 Å². The summed E-state index contributed by atoms with van der Waals surface area (Å²) in [6.45, 7) is 6.86. The second kappa shape index (κ2) is 12.1. The van der Waals surface area contributed by atoms with E-state index in [0.717, 1.165) is 31.8 Å². The van der Waals surface area contributed by atoms with Crippen LogP contribution in [0, 0.1) is 0 Å². The Labute approximate surface area is 126 Å². The number of imidazole rings is 1. The molecule has 0 unspecified atom stereocenters. The van der Waals surface area contributed by atoms with Crippen LogP contribution >= 0.6 is 11.6 Å². The van der Waals surface area contributed by atoms with E-state index in [2.05, 4.69) is 11.9 Å². The quantitative estimate of drug-likeness (QED) is 0.415. The molecule has 1 aromatic rings. The lowest BCUT2D eigenvalue weighted by molar-refractivity contribution is 0.0126. The third-order valence-corrected chi connectivity index (χ3v) is 3.02. The van der Waals surface area contributed by atoms with Crippen LogP contribution in [0.15, 0.2) is 12.4 Å². The summed E-state index contributed by atoms with van der Waals surface area (Å²) in [4.78, 5) is 4.14. The van der Waals surface area contributed by atoms with Gasteiger partial charge in [-0.3, -0.25) is 0 Å². The Kier molecular flexibility index (Phi) is 10.6. The van der Waals surface area contributed by atoms with Gasteiger partial charge in [0, 0.05) is 25.5 Å². The smallest absolute Gasteiger partial charge is 0.123 e. The fraction of sp³-hybridized carbons (Fsp3) is 0.786. The zero-order valence-corrected chi connectivity index (χ0v) is 13.0. The maximum Gasteiger partial charge on any atom is 0.123 e. The van der Waals surface area contributed by atoms with Crippen molar-refractivity contribution in [3.8, 4) is 0 Å². The largest absolute Gasteiger partial charge is 0.379 e. The van der Waals surface area contributed by atoms with Gasteiger partial charge in [0.1, 0.15) is 5.82 Å². The number of nitrogens with zero attached hydrogens (tertiary/aromatic N) is 2. The first kappa shape index (κ1) is 17.4. The van der Waals surface area contributed by atoms with Crippen molar-refractivity contribution in [3.05, 3.63) is 18.2 Å². The molecule has 0 aliphatic carbocycles. The van der Waals surface area contributed by atoms with Gasteiger partial charge < -0.3 is 18.8 Å². The zero-order chi connectivity index (χ0) is 14.5. The number of halogens is 1. The monoisotopic (exact) mass is 304 g/mol. The molecule has 0 saturated heterocycles. The minimum absolute atomic E-state index is 0.425. The van der Waals surface area contributed by atoms with Crippen molar-refractivity contribution in [3.63, 3.8) is 0 Å². The minimum atomic E-state index is 0.425. The van der Waals surface area contributed by atoms with Gasteiger partial charge in [0.15, 0.2) is 0 Å². The number of rotatable bonds is 13. The molecule has 0 atom stereocenters. The van der Waals surface area contributed by atoms with Gasteiger partial charge >= 0.3 is 0 Å². The molecule has 6 heteroatoms. The molecule has 0 spiro atoms. The van der Waals surface area contributed by atoms with Crippen LogP contribution in [-0.2, 0) is 26.6 Å². The average molecular weight is 305 g/mol. The molecule has 1 rings (SSSR count). The second-order valence-corrected chi connectivity index (χ2v) is 4.63. The highest BCUT2D eigenvalue weighted by molar-refractivity contribution is 6.16. The fourth-order valence-electron chi connectivity index (χ4n) is 1.63. The Bertz CT molecular complexity index is 334. The number of hydrogen-bond acceptors (Lipinski definition) is 4. The van der Waals surface area contributed by atoms with Gasteiger partial charge in [-0.05, 0) is 6.42 Å². The Balaban J connectivity index is 1.85. The van der Waals surface area contributed by atoms with Crippen molar-refractivity contribution < 1.29 is 14.2 Å². The molecule has 5 nitrogen and oxygen atoms in total. The topological polar surface area (TPSA) is 45.5 Å². The lowest BCUT2D eigenvalue weighted by atomic mass is 10.4. The van der Waals surface area contributed by atoms with E-state index in [9.17, 15) is 0 Å². The van der Waals surface area contributed by atoms with E-state index >= 15 is 0 Å². The average Bonchev–Trinajstić information content (AvgIpc) is 2.92. The molecule has 1 aromatic heterocycles. The van der Waals surface area contributed by atoms with E-state index in [1.807, 2.05) is 10.8 Å². The van der Waals surface area contributed by atoms with Gasteiger partial charge in [-0.25, -0.2) is 4.98 Å². The molecule has 1 heterocycles. The van der Waals surface area contributed by atoms with Crippen molar-refractivity contribution in [2.45, 2.75) is 32.2 Å². The lowest BCUT2D eigenvalue weighted by Gasteiger charge is -2.08. The Hall–Kier alpha value is -0.620. The molecule has 0 aliphatic heterocycles. The van der Waals surface area contributed by atoms with E-state index in [4.69, 9.17) is 25.8 Å². The molecule has 116 valence electrons. The number of alkyl halides is 1. The minimum Gasteiger partial charge on any atom is -0.379 e. The van der Waals surface area contributed by atoms with Crippen LogP contribution in [0.1, 0.15) is 25.6 Å². The molecule has 0 saturated carbocycles. The molecule has 0 N–H and O–H groups in total. The van der Waals surface area contributed by atoms with Crippen LogP contribution in [0.25, 0.3) is 0 Å². The van der Waals surface area contributed by atoms with Crippen molar-refractivity contribution >= 4 is 11.6 Å². The Morgan fingerprint density at radius 2 is 1.70 bits per heavy atom. The summed E-state index contributed by atoms with van der Waals surface area (Å²) < 4.78 is 18.3. The van der Waals surface area contributed by atoms with Gasteiger partial charge in [0.25, 0.3) is 0 Å². The highest BCUT2D eigenvalue weighted by Gasteiger charge is 2.00. The summed E-state index contributed by atoms with van der Waals surface area (Å²) in [6.07, 6.45) is 5.93. The molecule has 0 aromatic carbocycles. The van der Waals surface area contributed by atoms with Crippen molar-refractivity contribution in [1.82, 2.24) is 9.55 Å². The third kappa shape index (κ3) is 7.85. The first-order valence-corrected chi connectivity index (χ1v) is 7.71. The lowest BCUT2D eigenvalue weighted by Crippen LogP contribution is -2.13. The maximum atomic E-state index is 5.76. The summed E-state index contributed by atoms with van der Waals surface area (Å²) >= 11 is 5.76. The van der Waals surface area contributed by atoms with E-state index in [1.54, 1.807) is 6.20 Å². The normalized spacial score (nSPS) is 11.1. The van der Waals surface area contributed by atoms with Crippen LogP contribution in [0.5, 0.6) is 0 Å². The number of unbranched alkanes of at least 4 members (excludes halogenated alkanes) is 1. The molecule has 0 aliphatic rings. The molecule has 0 radical (unpaired) electrons. The molecule has 0 bridgehead atoms. The summed E-state index contributed by atoms with van der Waals surface area (Å²) in [5.41, 5.74) is 0. The van der Waals surface area contributed by atoms with Crippen molar-refractivity contribution in [1.29, 1.82) is 0 Å². The van der Waals surface area contributed by atoms with Crippen LogP contribution in [0.3, 0.4) is 0 Å². The third-order valence-electron chi connectivity index (χ3n) is 2.78. The van der Waals surface area contributed by atoms with Crippen LogP contribution in [0.4, 0.5) is 0 Å². The predicted molar refractivity (Wildman–Crippen MR) is 79.1 cm³/mol. The first-order valence-electron chi connectivity index (χ1n) is 7.17. The van der Waals surface area contributed by atoms with Gasteiger partial charge in [-0.1, -0.05) is 13.3 Å². The van der Waals surface area contributed by atoms with Crippen molar-refractivity contribution in [2.75, 3.05) is 39.6 Å². The molecular weight excluding hydrogens is 280 g/mol. The van der Waals surface area contributed by atoms with E-state index < -0.39 is 0 Å². The second-order valence-electron chi connectivity index (χ2n) is 4.36. The first-order chi connectivity index (χ1) is 9.88. The zero-order valence-electron chi connectivity index (χ0n) is 12.2. The fourth-order valence-corrected chi connectivity index (χ4v) is 1.85. The molecule has 0 fully saturated rings. The summed E-state index contributed by atoms with van der Waals surface area (Å²) in [5, 5.41) is 0. The van der Waals surface area contributed by atoms with Crippen LogP contribution < -0.4 is 0 Å². The summed E-state index contributed by atoms with van der Waals surface area (Å²) in [5.74, 6) is 1.30. The molecule has 0 amide bonds. The van der Waals surface area contributed by atoms with Crippen molar-refractivity contribution in [2.24, 2.45) is 0 Å². The SMILES string of the molecule is CCCCOCCOCCOCCn1ccnc1CCl. The number of hydrogen-bond donors (Lipinski definition) is 0. The Morgan fingerprint density at radius 1 is 1.05 bits per heavy atom. The molecular formula is C14H25ClN2O3. The van der Waals surface area contributed by atoms with Crippen LogP contribution in [0.2, 0.25) is 0 Å². The van der Waals surface area contributed by atoms with Gasteiger partial charge in [0.05, 0.1) is 38.9 Å². The summed E-state index contributed by atoms with van der Waals surface area (Å²) in [6, 6.07) is 0. The van der Waals surface area contributed by atoms with Crippen LogP contribution in [-0.4, -0.2) is 49.2 Å². The van der Waals surface area contributed by atoms with E-state index in [-0.39, 0.29) is 0 Å². The predicted octanol–water partition coefficient (Wildman–Crippen LogP) is 2.47. The number of ether oxygens (including phenoxy) is 3. The van der Waals surface area contributed by atoms with Gasteiger partial charge in [-0.15, -0.1) is 11.6 Å². The van der Waals surface area contributed by atoms with Gasteiger partial charge in [-0.2, -0.15) is 0 Å². The standard InChI is InChI=1S/C14H25ClN2O3/c1-2-3-7-18-9-11-20-12-10-19-8-6-17-5-4-16-14(17)13-15/h4-5H,2-3,6-13H2,1H3. The number of aromatic nitrogens is 2. The Morgan fingerprint density at radius 3 is 2.35 bits per heavy atom. The highest BCUT2D eigenvalue weighted by atomic mass is 35.5.